The molecule has 0 spiro atoms. The van der Waals surface area contributed by atoms with Gasteiger partial charge in [-0.1, -0.05) is 6.07 Å². The molecule has 0 aliphatic carbocycles. The predicted molar refractivity (Wildman–Crippen MR) is 118 cm³/mol. The first-order valence-electron chi connectivity index (χ1n) is 9.14. The highest BCUT2D eigenvalue weighted by atomic mass is 127. The fourth-order valence-corrected chi connectivity index (χ4v) is 3.01. The highest BCUT2D eigenvalue weighted by Gasteiger charge is 2.21. The Morgan fingerprint density at radius 3 is 2.57 bits per heavy atom. The Morgan fingerprint density at radius 2 is 1.93 bits per heavy atom. The fourth-order valence-electron chi connectivity index (χ4n) is 3.01. The Hall–Kier alpha value is -2.01. The summed E-state index contributed by atoms with van der Waals surface area (Å²) in [6, 6.07) is 6.55. The standard InChI is InChI=1S/C19H25FN6O.HI/c1-2-21-18(24-13-15-4-5-17(20)16(12-15)14-27)25-8-10-26(11-9-25)19-22-6-3-7-23-19;/h3-7,12,27H,2,8-11,13-14H2,1H3,(H,21,24);1H. The second kappa shape index (κ2) is 11.1. The van der Waals surface area contributed by atoms with Crippen molar-refractivity contribution >= 4 is 35.9 Å². The Morgan fingerprint density at radius 1 is 1.21 bits per heavy atom. The Bertz CT molecular complexity index is 768. The van der Waals surface area contributed by atoms with Crippen molar-refractivity contribution in [3.8, 4) is 0 Å². The predicted octanol–water partition coefficient (Wildman–Crippen LogP) is 2.01. The Kier molecular flexibility index (Phi) is 8.84. The molecule has 0 saturated carbocycles. The molecule has 0 unspecified atom stereocenters. The molecule has 152 valence electrons. The van der Waals surface area contributed by atoms with Gasteiger partial charge in [-0.25, -0.2) is 19.4 Å². The molecular formula is C19H26FIN6O. The largest absolute Gasteiger partial charge is 0.392 e. The second-order valence-corrected chi connectivity index (χ2v) is 6.28. The maximum atomic E-state index is 13.5. The lowest BCUT2D eigenvalue weighted by molar-refractivity contribution is 0.275. The summed E-state index contributed by atoms with van der Waals surface area (Å²) >= 11 is 0. The number of halogens is 2. The molecule has 2 aromatic rings. The summed E-state index contributed by atoms with van der Waals surface area (Å²) in [4.78, 5) is 17.7. The Balaban J connectivity index is 0.00000280. The van der Waals surface area contributed by atoms with Crippen LogP contribution in [0.15, 0.2) is 41.7 Å². The molecule has 2 heterocycles. The maximum absolute atomic E-state index is 13.5. The van der Waals surface area contributed by atoms with Crippen LogP contribution in [0.5, 0.6) is 0 Å². The molecule has 28 heavy (non-hydrogen) atoms. The molecule has 3 rings (SSSR count). The number of aliphatic imine (C=N–C) groups is 1. The van der Waals surface area contributed by atoms with Gasteiger partial charge in [0, 0.05) is 50.7 Å². The zero-order valence-electron chi connectivity index (χ0n) is 15.9. The smallest absolute Gasteiger partial charge is 0.225 e. The van der Waals surface area contributed by atoms with Gasteiger partial charge in [0.25, 0.3) is 0 Å². The van der Waals surface area contributed by atoms with Crippen LogP contribution in [0.2, 0.25) is 0 Å². The minimum Gasteiger partial charge on any atom is -0.392 e. The van der Waals surface area contributed by atoms with Crippen molar-refractivity contribution in [2.24, 2.45) is 4.99 Å². The number of benzene rings is 1. The van der Waals surface area contributed by atoms with Gasteiger partial charge in [-0.05, 0) is 30.7 Å². The van der Waals surface area contributed by atoms with E-state index in [0.717, 1.165) is 50.2 Å². The summed E-state index contributed by atoms with van der Waals surface area (Å²) in [7, 11) is 0. The third-order valence-electron chi connectivity index (χ3n) is 4.44. The highest BCUT2D eigenvalue weighted by molar-refractivity contribution is 14.0. The van der Waals surface area contributed by atoms with Gasteiger partial charge in [-0.15, -0.1) is 24.0 Å². The third-order valence-corrected chi connectivity index (χ3v) is 4.44. The number of hydrogen-bond acceptors (Lipinski definition) is 5. The number of aromatic nitrogens is 2. The van der Waals surface area contributed by atoms with Gasteiger partial charge in [0.05, 0.1) is 13.2 Å². The average molecular weight is 500 g/mol. The van der Waals surface area contributed by atoms with Crippen molar-refractivity contribution in [3.05, 3.63) is 53.6 Å². The number of nitrogens with zero attached hydrogens (tertiary/aromatic N) is 5. The van der Waals surface area contributed by atoms with Crippen LogP contribution in [0.4, 0.5) is 10.3 Å². The van der Waals surface area contributed by atoms with E-state index in [2.05, 4.69) is 30.1 Å². The molecule has 1 fully saturated rings. The number of rotatable bonds is 5. The van der Waals surface area contributed by atoms with Crippen LogP contribution in [0.25, 0.3) is 0 Å². The van der Waals surface area contributed by atoms with Crippen molar-refractivity contribution in [2.45, 2.75) is 20.1 Å². The van der Waals surface area contributed by atoms with E-state index in [0.29, 0.717) is 12.1 Å². The number of nitrogens with one attached hydrogen (secondary N) is 1. The topological polar surface area (TPSA) is 76.9 Å². The van der Waals surface area contributed by atoms with E-state index in [9.17, 15) is 9.50 Å². The molecular weight excluding hydrogens is 474 g/mol. The van der Waals surface area contributed by atoms with Crippen molar-refractivity contribution in [3.63, 3.8) is 0 Å². The average Bonchev–Trinajstić information content (AvgIpc) is 2.73. The van der Waals surface area contributed by atoms with Crippen LogP contribution in [0.3, 0.4) is 0 Å². The normalized spacial score (nSPS) is 14.6. The van der Waals surface area contributed by atoms with Crippen LogP contribution < -0.4 is 10.2 Å². The molecule has 1 saturated heterocycles. The minimum atomic E-state index is -0.392. The van der Waals surface area contributed by atoms with Gasteiger partial charge >= 0.3 is 0 Å². The monoisotopic (exact) mass is 500 g/mol. The van der Waals surface area contributed by atoms with Gasteiger partial charge in [-0.3, -0.25) is 0 Å². The first kappa shape index (κ1) is 22.3. The van der Waals surface area contributed by atoms with Crippen molar-refractivity contribution < 1.29 is 9.50 Å². The third kappa shape index (κ3) is 5.74. The van der Waals surface area contributed by atoms with E-state index in [1.165, 1.54) is 6.07 Å². The van der Waals surface area contributed by atoms with Gasteiger partial charge in [0.15, 0.2) is 5.96 Å². The molecule has 1 aromatic heterocycles. The fraction of sp³-hybridized carbons (Fsp3) is 0.421. The zero-order chi connectivity index (χ0) is 19.1. The second-order valence-electron chi connectivity index (χ2n) is 6.28. The van der Waals surface area contributed by atoms with Crippen LogP contribution in [0.1, 0.15) is 18.1 Å². The molecule has 0 radical (unpaired) electrons. The molecule has 0 amide bonds. The van der Waals surface area contributed by atoms with Gasteiger partial charge < -0.3 is 20.2 Å². The molecule has 2 N–H and O–H groups in total. The SMILES string of the molecule is CCNC(=NCc1ccc(F)c(CO)c1)N1CCN(c2ncccn2)CC1.I. The summed E-state index contributed by atoms with van der Waals surface area (Å²) < 4.78 is 13.5. The van der Waals surface area contributed by atoms with Gasteiger partial charge in [0.1, 0.15) is 5.82 Å². The van der Waals surface area contributed by atoms with Crippen molar-refractivity contribution in [1.82, 2.24) is 20.2 Å². The summed E-state index contributed by atoms with van der Waals surface area (Å²) in [6.45, 7) is 6.19. The number of aliphatic hydroxyl groups is 1. The van der Waals surface area contributed by atoms with Crippen molar-refractivity contribution in [1.29, 1.82) is 0 Å². The lowest BCUT2D eigenvalue weighted by Crippen LogP contribution is -2.52. The molecule has 7 nitrogen and oxygen atoms in total. The first-order chi connectivity index (χ1) is 13.2. The minimum absolute atomic E-state index is 0. The van der Waals surface area contributed by atoms with Crippen LogP contribution >= 0.6 is 24.0 Å². The molecule has 0 bridgehead atoms. The van der Waals surface area contributed by atoms with Crippen molar-refractivity contribution in [2.75, 3.05) is 37.6 Å². The molecule has 0 atom stereocenters. The number of piperazine rings is 1. The maximum Gasteiger partial charge on any atom is 0.225 e. The summed E-state index contributed by atoms with van der Waals surface area (Å²) in [6.07, 6.45) is 3.51. The molecule has 9 heteroatoms. The molecule has 1 aliphatic rings. The summed E-state index contributed by atoms with van der Waals surface area (Å²) in [5, 5.41) is 12.5. The molecule has 1 aliphatic heterocycles. The number of hydrogen-bond donors (Lipinski definition) is 2. The quantitative estimate of drug-likeness (QED) is 0.372. The van der Waals surface area contributed by atoms with E-state index < -0.39 is 5.82 Å². The zero-order valence-corrected chi connectivity index (χ0v) is 18.2. The lowest BCUT2D eigenvalue weighted by atomic mass is 10.1. The van der Waals surface area contributed by atoms with Gasteiger partial charge in [0.2, 0.25) is 5.95 Å². The van der Waals surface area contributed by atoms with E-state index in [-0.39, 0.29) is 30.6 Å². The van der Waals surface area contributed by atoms with Gasteiger partial charge in [-0.2, -0.15) is 0 Å². The number of guanidine groups is 1. The Labute approximate surface area is 181 Å². The summed E-state index contributed by atoms with van der Waals surface area (Å²) in [5.74, 6) is 1.19. The van der Waals surface area contributed by atoms with Crippen LogP contribution in [-0.2, 0) is 13.2 Å². The van der Waals surface area contributed by atoms with E-state index >= 15 is 0 Å². The number of aliphatic hydroxyl groups excluding tert-OH is 1. The number of anilines is 1. The molecule has 1 aromatic carbocycles. The van der Waals surface area contributed by atoms with E-state index in [1.54, 1.807) is 24.5 Å². The lowest BCUT2D eigenvalue weighted by Gasteiger charge is -2.36. The highest BCUT2D eigenvalue weighted by Crippen LogP contribution is 2.13. The first-order valence-corrected chi connectivity index (χ1v) is 9.14. The van der Waals surface area contributed by atoms with E-state index in [1.807, 2.05) is 13.0 Å². The summed E-state index contributed by atoms with van der Waals surface area (Å²) in [5.41, 5.74) is 1.16. The van der Waals surface area contributed by atoms with E-state index in [4.69, 9.17) is 0 Å². The van der Waals surface area contributed by atoms with Crippen LogP contribution in [0, 0.1) is 5.82 Å². The van der Waals surface area contributed by atoms with Crippen LogP contribution in [-0.4, -0.2) is 58.7 Å².